The van der Waals surface area contributed by atoms with Crippen molar-refractivity contribution >= 4 is 28.9 Å². The highest BCUT2D eigenvalue weighted by Gasteiger charge is 2.22. The number of rotatable bonds is 4. The zero-order valence-corrected chi connectivity index (χ0v) is 14.7. The minimum atomic E-state index is -0.480. The molecule has 0 saturated carbocycles. The maximum absolute atomic E-state index is 11.9. The van der Waals surface area contributed by atoms with E-state index in [1.165, 1.54) is 0 Å². The normalized spacial score (nSPS) is 17.6. The highest BCUT2D eigenvalue weighted by atomic mass is 32.1. The van der Waals surface area contributed by atoms with Crippen molar-refractivity contribution < 1.29 is 14.3 Å². The topological polar surface area (TPSA) is 59.6 Å². The third kappa shape index (κ3) is 5.80. The number of benzene rings is 1. The van der Waals surface area contributed by atoms with E-state index in [0.29, 0.717) is 6.61 Å². The molecule has 1 amide bonds. The van der Waals surface area contributed by atoms with Crippen LogP contribution in [-0.2, 0) is 9.53 Å². The minimum absolute atomic E-state index is 0.119. The molecule has 23 heavy (non-hydrogen) atoms. The van der Waals surface area contributed by atoms with E-state index in [9.17, 15) is 4.79 Å². The number of thiocarbonyl (C=S) groups is 1. The van der Waals surface area contributed by atoms with Crippen LogP contribution in [0.2, 0.25) is 0 Å². The number of ether oxygens (including phenoxy) is 2. The Kier molecular flexibility index (Phi) is 5.96. The van der Waals surface area contributed by atoms with Crippen LogP contribution in [0.4, 0.5) is 5.69 Å². The van der Waals surface area contributed by atoms with Crippen LogP contribution in [0, 0.1) is 5.41 Å². The summed E-state index contributed by atoms with van der Waals surface area (Å²) >= 11 is 5.15. The summed E-state index contributed by atoms with van der Waals surface area (Å²) in [5.74, 6) is 0.669. The molecule has 126 valence electrons. The Morgan fingerprint density at radius 1 is 1.35 bits per heavy atom. The van der Waals surface area contributed by atoms with Crippen LogP contribution in [0.25, 0.3) is 0 Å². The Morgan fingerprint density at radius 2 is 2.04 bits per heavy atom. The third-order valence-corrected chi connectivity index (χ3v) is 3.68. The fourth-order valence-electron chi connectivity index (χ4n) is 2.05. The molecular weight excluding hydrogens is 312 g/mol. The van der Waals surface area contributed by atoms with Crippen molar-refractivity contribution in [3.63, 3.8) is 0 Å². The Bertz CT molecular complexity index is 546. The van der Waals surface area contributed by atoms with Crippen LogP contribution in [0.5, 0.6) is 5.75 Å². The van der Waals surface area contributed by atoms with E-state index in [-0.39, 0.29) is 17.1 Å². The SMILES string of the molecule is CC(C)(C)C(=O)NC(=S)Nc1ccc(OCC2CCCO2)cc1. The fourth-order valence-corrected chi connectivity index (χ4v) is 2.26. The van der Waals surface area contributed by atoms with E-state index in [2.05, 4.69) is 10.6 Å². The summed E-state index contributed by atoms with van der Waals surface area (Å²) in [7, 11) is 0. The average molecular weight is 336 g/mol. The monoisotopic (exact) mass is 336 g/mol. The Hall–Kier alpha value is -1.66. The number of hydrogen-bond acceptors (Lipinski definition) is 4. The van der Waals surface area contributed by atoms with Crippen molar-refractivity contribution in [1.29, 1.82) is 0 Å². The Morgan fingerprint density at radius 3 is 2.61 bits per heavy atom. The van der Waals surface area contributed by atoms with Crippen molar-refractivity contribution in [2.75, 3.05) is 18.5 Å². The number of amides is 1. The molecule has 5 nitrogen and oxygen atoms in total. The van der Waals surface area contributed by atoms with Crippen LogP contribution < -0.4 is 15.4 Å². The maximum atomic E-state index is 11.9. The van der Waals surface area contributed by atoms with Gasteiger partial charge < -0.3 is 20.1 Å². The largest absolute Gasteiger partial charge is 0.491 e. The van der Waals surface area contributed by atoms with Gasteiger partial charge in [0.1, 0.15) is 12.4 Å². The van der Waals surface area contributed by atoms with Gasteiger partial charge in [-0.15, -0.1) is 0 Å². The second-order valence-electron chi connectivity index (χ2n) is 6.63. The van der Waals surface area contributed by atoms with Crippen LogP contribution in [0.3, 0.4) is 0 Å². The van der Waals surface area contributed by atoms with Gasteiger partial charge >= 0.3 is 0 Å². The molecule has 1 aliphatic rings. The lowest BCUT2D eigenvalue weighted by Gasteiger charge is -2.18. The van der Waals surface area contributed by atoms with Crippen molar-refractivity contribution in [2.45, 2.75) is 39.7 Å². The first kappa shape index (κ1) is 17.7. The smallest absolute Gasteiger partial charge is 0.231 e. The van der Waals surface area contributed by atoms with Gasteiger partial charge in [-0.25, -0.2) is 0 Å². The molecule has 1 aliphatic heterocycles. The lowest BCUT2D eigenvalue weighted by atomic mass is 9.96. The Balaban J connectivity index is 1.79. The molecule has 0 aromatic heterocycles. The average Bonchev–Trinajstić information content (AvgIpc) is 2.98. The number of anilines is 1. The zero-order chi connectivity index (χ0) is 16.9. The third-order valence-electron chi connectivity index (χ3n) is 3.48. The van der Waals surface area contributed by atoms with Gasteiger partial charge in [0.15, 0.2) is 5.11 Å². The summed E-state index contributed by atoms with van der Waals surface area (Å²) in [6, 6.07) is 7.46. The zero-order valence-electron chi connectivity index (χ0n) is 13.8. The lowest BCUT2D eigenvalue weighted by Crippen LogP contribution is -2.41. The number of carbonyl (C=O) groups excluding carboxylic acids is 1. The molecular formula is C17H24N2O3S. The van der Waals surface area contributed by atoms with Crippen LogP contribution in [0.15, 0.2) is 24.3 Å². The van der Waals surface area contributed by atoms with Gasteiger partial charge in [0.05, 0.1) is 6.10 Å². The molecule has 0 radical (unpaired) electrons. The first-order chi connectivity index (χ1) is 10.8. The molecule has 1 heterocycles. The quantitative estimate of drug-likeness (QED) is 0.828. The molecule has 0 spiro atoms. The van der Waals surface area contributed by atoms with Gasteiger partial charge in [-0.2, -0.15) is 0 Å². The van der Waals surface area contributed by atoms with E-state index in [1.54, 1.807) is 0 Å². The van der Waals surface area contributed by atoms with E-state index in [4.69, 9.17) is 21.7 Å². The lowest BCUT2D eigenvalue weighted by molar-refractivity contribution is -0.126. The predicted molar refractivity (Wildman–Crippen MR) is 94.7 cm³/mol. The summed E-state index contributed by atoms with van der Waals surface area (Å²) in [5, 5.41) is 5.96. The number of hydrogen-bond donors (Lipinski definition) is 2. The summed E-state index contributed by atoms with van der Waals surface area (Å²) in [4.78, 5) is 11.9. The number of carbonyl (C=O) groups is 1. The van der Waals surface area contributed by atoms with Gasteiger partial charge in [0.2, 0.25) is 5.91 Å². The molecule has 6 heteroatoms. The molecule has 1 atom stereocenters. The second kappa shape index (κ2) is 7.75. The van der Waals surface area contributed by atoms with E-state index in [0.717, 1.165) is 30.9 Å². The van der Waals surface area contributed by atoms with Gasteiger partial charge in [0, 0.05) is 17.7 Å². The predicted octanol–water partition coefficient (Wildman–Crippen LogP) is 3.10. The molecule has 0 aliphatic carbocycles. The van der Waals surface area contributed by atoms with Crippen LogP contribution in [-0.4, -0.2) is 30.3 Å². The first-order valence-electron chi connectivity index (χ1n) is 7.81. The Labute approximate surface area is 142 Å². The highest BCUT2D eigenvalue weighted by Crippen LogP contribution is 2.18. The standard InChI is InChI=1S/C17H24N2O3S/c1-17(2,3)15(20)19-16(23)18-12-6-8-13(9-7-12)22-11-14-5-4-10-21-14/h6-9,14H,4-5,10-11H2,1-3H3,(H2,18,19,20,23). The molecule has 1 saturated heterocycles. The van der Waals surface area contributed by atoms with Crippen LogP contribution in [0.1, 0.15) is 33.6 Å². The molecule has 2 N–H and O–H groups in total. The molecule has 1 unspecified atom stereocenters. The van der Waals surface area contributed by atoms with Gasteiger partial charge in [-0.05, 0) is 49.3 Å². The molecule has 2 rings (SSSR count). The second-order valence-corrected chi connectivity index (χ2v) is 7.04. The van der Waals surface area contributed by atoms with Crippen molar-refractivity contribution in [3.8, 4) is 5.75 Å². The van der Waals surface area contributed by atoms with Crippen molar-refractivity contribution in [1.82, 2.24) is 5.32 Å². The summed E-state index contributed by atoms with van der Waals surface area (Å²) in [6.45, 7) is 6.92. The van der Waals surface area contributed by atoms with E-state index < -0.39 is 5.41 Å². The number of nitrogens with one attached hydrogen (secondary N) is 2. The molecule has 1 fully saturated rings. The summed E-state index contributed by atoms with van der Waals surface area (Å²) in [5.41, 5.74) is 0.319. The van der Waals surface area contributed by atoms with Crippen molar-refractivity contribution in [3.05, 3.63) is 24.3 Å². The highest BCUT2D eigenvalue weighted by molar-refractivity contribution is 7.80. The maximum Gasteiger partial charge on any atom is 0.231 e. The van der Waals surface area contributed by atoms with Crippen LogP contribution >= 0.6 is 12.2 Å². The minimum Gasteiger partial charge on any atom is -0.491 e. The molecule has 1 aromatic rings. The first-order valence-corrected chi connectivity index (χ1v) is 8.22. The summed E-state index contributed by atoms with van der Waals surface area (Å²) in [6.07, 6.45) is 2.36. The van der Waals surface area contributed by atoms with Gasteiger partial charge in [-0.3, -0.25) is 4.79 Å². The molecule has 1 aromatic carbocycles. The summed E-state index contributed by atoms with van der Waals surface area (Å²) < 4.78 is 11.2. The van der Waals surface area contributed by atoms with E-state index in [1.807, 2.05) is 45.0 Å². The van der Waals surface area contributed by atoms with Gasteiger partial charge in [0.25, 0.3) is 0 Å². The van der Waals surface area contributed by atoms with Crippen molar-refractivity contribution in [2.24, 2.45) is 5.41 Å². The van der Waals surface area contributed by atoms with Gasteiger partial charge in [-0.1, -0.05) is 20.8 Å². The van der Waals surface area contributed by atoms with E-state index >= 15 is 0 Å². The molecule has 0 bridgehead atoms. The fraction of sp³-hybridized carbons (Fsp3) is 0.529.